The highest BCUT2D eigenvalue weighted by atomic mass is 16.4. The monoisotopic (exact) mass is 699 g/mol. The minimum atomic E-state index is -1.79. The molecule has 6 atom stereocenters. The molecule has 5 aromatic rings. The third-order valence-corrected chi connectivity index (χ3v) is 12.0. The molecule has 8 nitrogen and oxygen atoms in total. The van der Waals surface area contributed by atoms with Crippen molar-refractivity contribution in [1.82, 2.24) is 0 Å². The van der Waals surface area contributed by atoms with Gasteiger partial charge in [0.2, 0.25) is 11.8 Å². The second-order valence-corrected chi connectivity index (χ2v) is 14.5. The van der Waals surface area contributed by atoms with Gasteiger partial charge in [0, 0.05) is 22.8 Å². The van der Waals surface area contributed by atoms with Crippen LogP contribution in [-0.4, -0.2) is 45.7 Å². The summed E-state index contributed by atoms with van der Waals surface area (Å²) in [7, 11) is -1.79. The third kappa shape index (κ3) is 4.77. The summed E-state index contributed by atoms with van der Waals surface area (Å²) < 4.78 is 0. The molecule has 0 bridgehead atoms. The number of benzene rings is 5. The van der Waals surface area contributed by atoms with E-state index in [0.29, 0.717) is 22.1 Å². The predicted octanol–water partition coefficient (Wildman–Crippen LogP) is 5.25. The first kappa shape index (κ1) is 33.0. The lowest BCUT2D eigenvalue weighted by molar-refractivity contribution is -0.134. The van der Waals surface area contributed by atoms with Crippen LogP contribution in [0.5, 0.6) is 5.75 Å². The molecule has 4 aliphatic rings. The Labute approximate surface area is 305 Å². The topological polar surface area (TPSA) is 132 Å². The standard InChI is InChI=1S/C44H34BNO7/c47-37-21-20-31(29-16-7-8-17-30(29)37)40-32-18-19-33-39(43(51)46(42(33)50)28-15-9-14-27(22-28)45(52)53)35(32)23-36-41(49)34(25-10-3-1-4-11-25)24-38(48)44(36,40)26-12-5-2-6-13-26/h1-18,20-22,24,33,35-36,39-40,47,52-53H,19,23H2/t33-,35+,36-,39-,40-,44-/m0/s1. The van der Waals surface area contributed by atoms with Crippen LogP contribution < -0.4 is 10.4 Å². The highest BCUT2D eigenvalue weighted by Gasteiger charge is 2.66. The third-order valence-electron chi connectivity index (χ3n) is 12.0. The van der Waals surface area contributed by atoms with Crippen molar-refractivity contribution in [2.24, 2.45) is 23.7 Å². The normalized spacial score (nSPS) is 26.5. The first-order valence-corrected chi connectivity index (χ1v) is 17.9. The highest BCUT2D eigenvalue weighted by molar-refractivity contribution is 6.58. The molecule has 0 radical (unpaired) electrons. The average Bonchev–Trinajstić information content (AvgIpc) is 3.45. The fourth-order valence-corrected chi connectivity index (χ4v) is 9.86. The molecule has 1 saturated carbocycles. The van der Waals surface area contributed by atoms with Crippen LogP contribution in [0, 0.1) is 23.7 Å². The number of rotatable bonds is 5. The Morgan fingerprint density at radius 2 is 1.42 bits per heavy atom. The Balaban J connectivity index is 1.29. The molecule has 2 amide bonds. The lowest BCUT2D eigenvalue weighted by atomic mass is 9.44. The van der Waals surface area contributed by atoms with Gasteiger partial charge in [-0.25, -0.2) is 0 Å². The van der Waals surface area contributed by atoms with Gasteiger partial charge in [0.25, 0.3) is 0 Å². The van der Waals surface area contributed by atoms with E-state index in [2.05, 4.69) is 0 Å². The van der Waals surface area contributed by atoms with Crippen LogP contribution in [0.1, 0.15) is 35.4 Å². The molecule has 1 saturated heterocycles. The molecule has 53 heavy (non-hydrogen) atoms. The van der Waals surface area contributed by atoms with Crippen LogP contribution in [0.4, 0.5) is 5.69 Å². The summed E-state index contributed by atoms with van der Waals surface area (Å²) in [5.41, 5.74) is 2.19. The van der Waals surface area contributed by atoms with Crippen molar-refractivity contribution in [3.63, 3.8) is 0 Å². The molecule has 9 heteroatoms. The summed E-state index contributed by atoms with van der Waals surface area (Å²) in [5, 5.41) is 32.1. The fraction of sp³-hybridized carbons (Fsp3) is 0.182. The summed E-state index contributed by atoms with van der Waals surface area (Å²) in [6.07, 6.45) is 3.91. The maximum absolute atomic E-state index is 15.3. The van der Waals surface area contributed by atoms with Crippen molar-refractivity contribution in [3.8, 4) is 5.75 Å². The Hall–Kier alpha value is -5.90. The highest BCUT2D eigenvalue weighted by Crippen LogP contribution is 2.64. The molecule has 0 unspecified atom stereocenters. The average molecular weight is 700 g/mol. The van der Waals surface area contributed by atoms with E-state index in [9.17, 15) is 24.7 Å². The van der Waals surface area contributed by atoms with Gasteiger partial charge in [-0.2, -0.15) is 0 Å². The number of imide groups is 1. The van der Waals surface area contributed by atoms with E-state index >= 15 is 9.59 Å². The number of phenols is 1. The van der Waals surface area contributed by atoms with Crippen molar-refractivity contribution >= 4 is 58.0 Å². The lowest BCUT2D eigenvalue weighted by Crippen LogP contribution is -2.58. The number of carbonyl (C=O) groups is 4. The Morgan fingerprint density at radius 1 is 0.717 bits per heavy atom. The van der Waals surface area contributed by atoms with E-state index in [-0.39, 0.29) is 47.2 Å². The zero-order valence-electron chi connectivity index (χ0n) is 28.5. The number of nitrogens with zero attached hydrogens (tertiary/aromatic N) is 1. The lowest BCUT2D eigenvalue weighted by Gasteiger charge is -2.55. The SMILES string of the molecule is O=C1C(c2ccccc2)=CC(=O)[C@@]2(c3ccccc3)[C@@H](c3ccc(O)c4ccccc34)C3=CC[C@@H]4C(=O)N(c5cccc(B(O)O)c5)C(=O)[C@@H]4[C@@H]3C[C@@H]12. The minimum absolute atomic E-state index is 0.0828. The quantitative estimate of drug-likeness (QED) is 0.130. The molecule has 5 aromatic carbocycles. The molecule has 1 aliphatic heterocycles. The van der Waals surface area contributed by atoms with Crippen LogP contribution in [0.25, 0.3) is 16.3 Å². The largest absolute Gasteiger partial charge is 0.507 e. The van der Waals surface area contributed by atoms with E-state index in [1.165, 1.54) is 18.2 Å². The second kappa shape index (κ2) is 12.4. The van der Waals surface area contributed by atoms with Gasteiger partial charge in [0.1, 0.15) is 5.75 Å². The minimum Gasteiger partial charge on any atom is -0.507 e. The molecule has 260 valence electrons. The number of phenolic OH excluding ortho intramolecular Hbond substituents is 1. The molecular formula is C44H34BNO7. The van der Waals surface area contributed by atoms with Crippen LogP contribution in [-0.2, 0) is 24.6 Å². The first-order chi connectivity index (χ1) is 25.7. The summed E-state index contributed by atoms with van der Waals surface area (Å²) in [5.74, 6) is -4.88. The number of aromatic hydroxyl groups is 1. The van der Waals surface area contributed by atoms with E-state index in [1.54, 1.807) is 18.2 Å². The summed E-state index contributed by atoms with van der Waals surface area (Å²) in [6, 6.07) is 35.5. The number of allylic oxidation sites excluding steroid dienone is 4. The summed E-state index contributed by atoms with van der Waals surface area (Å²) >= 11 is 0. The molecule has 1 heterocycles. The second-order valence-electron chi connectivity index (χ2n) is 14.5. The number of hydrogen-bond acceptors (Lipinski definition) is 7. The molecule has 9 rings (SSSR count). The van der Waals surface area contributed by atoms with E-state index in [1.807, 2.05) is 97.1 Å². The van der Waals surface area contributed by atoms with Crippen molar-refractivity contribution in [3.05, 3.63) is 156 Å². The Bertz CT molecular complexity index is 2420. The van der Waals surface area contributed by atoms with E-state index in [0.717, 1.165) is 21.4 Å². The van der Waals surface area contributed by atoms with Crippen LogP contribution in [0.3, 0.4) is 0 Å². The van der Waals surface area contributed by atoms with Crippen molar-refractivity contribution < 1.29 is 34.3 Å². The van der Waals surface area contributed by atoms with Crippen LogP contribution in [0.2, 0.25) is 0 Å². The van der Waals surface area contributed by atoms with Gasteiger partial charge in [0.05, 0.1) is 22.9 Å². The first-order valence-electron chi connectivity index (χ1n) is 17.9. The van der Waals surface area contributed by atoms with E-state index in [4.69, 9.17) is 0 Å². The van der Waals surface area contributed by atoms with Gasteiger partial charge in [0.15, 0.2) is 11.6 Å². The molecule has 0 spiro atoms. The number of hydrogen-bond donors (Lipinski definition) is 3. The molecular weight excluding hydrogens is 665 g/mol. The van der Waals surface area contributed by atoms with Gasteiger partial charge in [-0.3, -0.25) is 24.1 Å². The summed E-state index contributed by atoms with van der Waals surface area (Å²) in [6.45, 7) is 0. The van der Waals surface area contributed by atoms with Crippen molar-refractivity contribution in [2.75, 3.05) is 4.90 Å². The predicted molar refractivity (Wildman–Crippen MR) is 201 cm³/mol. The molecule has 3 aliphatic carbocycles. The zero-order chi connectivity index (χ0) is 36.6. The maximum Gasteiger partial charge on any atom is 0.488 e. The molecule has 0 aromatic heterocycles. The molecule has 3 N–H and O–H groups in total. The van der Waals surface area contributed by atoms with Crippen molar-refractivity contribution in [1.29, 1.82) is 0 Å². The number of ketones is 2. The Morgan fingerprint density at radius 3 is 2.15 bits per heavy atom. The van der Waals surface area contributed by atoms with Crippen LogP contribution >= 0.6 is 0 Å². The number of fused-ring (bicyclic) bond motifs is 5. The number of Topliss-reactive ketones (excluding diaryl/α,β-unsaturated/α-hetero) is 1. The van der Waals surface area contributed by atoms with Gasteiger partial charge in [-0.1, -0.05) is 115 Å². The van der Waals surface area contributed by atoms with Gasteiger partial charge < -0.3 is 15.2 Å². The maximum atomic E-state index is 15.3. The fourth-order valence-electron chi connectivity index (χ4n) is 9.86. The number of carbonyl (C=O) groups excluding carboxylic acids is 4. The van der Waals surface area contributed by atoms with E-state index < -0.39 is 48.0 Å². The Kier molecular flexibility index (Phi) is 7.69. The number of amides is 2. The van der Waals surface area contributed by atoms with Crippen LogP contribution in [0.15, 0.2) is 139 Å². The smallest absolute Gasteiger partial charge is 0.488 e. The number of anilines is 1. The molecule has 2 fully saturated rings. The van der Waals surface area contributed by atoms with Gasteiger partial charge >= 0.3 is 7.12 Å². The van der Waals surface area contributed by atoms with Gasteiger partial charge in [-0.15, -0.1) is 0 Å². The summed E-state index contributed by atoms with van der Waals surface area (Å²) in [4.78, 5) is 60.5. The van der Waals surface area contributed by atoms with Crippen molar-refractivity contribution in [2.45, 2.75) is 24.2 Å². The zero-order valence-corrected chi connectivity index (χ0v) is 28.5. The van der Waals surface area contributed by atoms with Gasteiger partial charge in [-0.05, 0) is 70.6 Å².